The summed E-state index contributed by atoms with van der Waals surface area (Å²) in [5.41, 5.74) is 0.695. The Balaban J connectivity index is 1.52. The van der Waals surface area contributed by atoms with Crippen LogP contribution >= 0.6 is 0 Å². The molecule has 7 nitrogen and oxygen atoms in total. The predicted molar refractivity (Wildman–Crippen MR) is 110 cm³/mol. The summed E-state index contributed by atoms with van der Waals surface area (Å²) >= 11 is 0. The van der Waals surface area contributed by atoms with Crippen molar-refractivity contribution in [1.82, 2.24) is 20.0 Å². The van der Waals surface area contributed by atoms with E-state index < -0.39 is 0 Å². The number of nitrogens with one attached hydrogen (secondary N) is 1. The molecule has 1 aliphatic heterocycles. The van der Waals surface area contributed by atoms with Crippen LogP contribution in [-0.2, 0) is 16.1 Å². The smallest absolute Gasteiger partial charge is 0.274 e. The number of benzene rings is 1. The van der Waals surface area contributed by atoms with Gasteiger partial charge in [-0.2, -0.15) is 5.10 Å². The second-order valence-corrected chi connectivity index (χ2v) is 8.18. The molecule has 2 fully saturated rings. The van der Waals surface area contributed by atoms with Crippen LogP contribution in [-0.4, -0.2) is 39.6 Å². The largest absolute Gasteiger partial charge is 0.350 e. The van der Waals surface area contributed by atoms with E-state index in [1.165, 1.54) is 0 Å². The first kappa shape index (κ1) is 19.6. The molecule has 2 aromatic rings. The molecule has 1 aromatic heterocycles. The second kappa shape index (κ2) is 8.35. The molecule has 1 aromatic carbocycles. The Morgan fingerprint density at radius 3 is 2.38 bits per heavy atom. The van der Waals surface area contributed by atoms with Gasteiger partial charge < -0.3 is 10.2 Å². The molecular weight excluding hydrogens is 368 g/mol. The van der Waals surface area contributed by atoms with Crippen molar-refractivity contribution in [1.29, 1.82) is 0 Å². The summed E-state index contributed by atoms with van der Waals surface area (Å²) in [5, 5.41) is 9.16. The fraction of sp³-hybridized carbons (Fsp3) is 0.545. The van der Waals surface area contributed by atoms with Gasteiger partial charge in [-0.1, -0.05) is 31.0 Å². The van der Waals surface area contributed by atoms with E-state index in [0.717, 1.165) is 36.8 Å². The Bertz CT molecular complexity index is 970. The summed E-state index contributed by atoms with van der Waals surface area (Å²) in [6, 6.07) is 7.65. The maximum Gasteiger partial charge on any atom is 0.274 e. The molecule has 29 heavy (non-hydrogen) atoms. The van der Waals surface area contributed by atoms with Crippen molar-refractivity contribution in [2.75, 3.05) is 13.1 Å². The highest BCUT2D eigenvalue weighted by molar-refractivity contribution is 5.84. The van der Waals surface area contributed by atoms with Crippen molar-refractivity contribution in [2.24, 2.45) is 5.92 Å². The van der Waals surface area contributed by atoms with Gasteiger partial charge >= 0.3 is 0 Å². The zero-order valence-corrected chi connectivity index (χ0v) is 16.9. The van der Waals surface area contributed by atoms with E-state index in [2.05, 4.69) is 10.4 Å². The zero-order chi connectivity index (χ0) is 20.4. The molecular formula is C22H28N4O3. The van der Waals surface area contributed by atoms with Gasteiger partial charge in [-0.25, -0.2) is 4.68 Å². The summed E-state index contributed by atoms with van der Waals surface area (Å²) in [5.74, 6) is -0.0241. The van der Waals surface area contributed by atoms with Crippen molar-refractivity contribution in [3.8, 4) is 0 Å². The van der Waals surface area contributed by atoms with E-state index in [0.29, 0.717) is 37.9 Å². The van der Waals surface area contributed by atoms with Crippen LogP contribution in [0.3, 0.4) is 0 Å². The Kier molecular flexibility index (Phi) is 5.65. The van der Waals surface area contributed by atoms with Crippen molar-refractivity contribution in [3.63, 3.8) is 0 Å². The normalized spacial score (nSPS) is 18.3. The number of hydrogen-bond acceptors (Lipinski definition) is 4. The standard InChI is InChI=1S/C22H28N4O3/c1-15(27)25-12-10-16(11-13-25)21(28)23-14-20-18-8-4-5-9-19(18)22(29)26(24-20)17-6-2-3-7-17/h4-5,8-9,16-17H,2-3,6-7,10-14H2,1H3,(H,23,28). The van der Waals surface area contributed by atoms with Crippen molar-refractivity contribution < 1.29 is 9.59 Å². The highest BCUT2D eigenvalue weighted by Crippen LogP contribution is 2.28. The van der Waals surface area contributed by atoms with Crippen LogP contribution < -0.4 is 10.9 Å². The Hall–Kier alpha value is -2.70. The second-order valence-electron chi connectivity index (χ2n) is 8.18. The third-order valence-corrected chi connectivity index (χ3v) is 6.32. The SMILES string of the molecule is CC(=O)N1CCC(C(=O)NCc2nn(C3CCCC3)c(=O)c3ccccc23)CC1. The van der Waals surface area contributed by atoms with Gasteiger partial charge in [0.2, 0.25) is 11.8 Å². The molecule has 1 saturated carbocycles. The molecule has 1 N–H and O–H groups in total. The van der Waals surface area contributed by atoms with Gasteiger partial charge in [0.15, 0.2) is 0 Å². The first-order chi connectivity index (χ1) is 14.0. The summed E-state index contributed by atoms with van der Waals surface area (Å²) in [4.78, 5) is 38.9. The van der Waals surface area contributed by atoms with Gasteiger partial charge in [-0.05, 0) is 31.7 Å². The number of aromatic nitrogens is 2. The number of hydrogen-bond donors (Lipinski definition) is 1. The monoisotopic (exact) mass is 396 g/mol. The molecule has 4 rings (SSSR count). The minimum absolute atomic E-state index is 0.00213. The highest BCUT2D eigenvalue weighted by Gasteiger charge is 2.26. The van der Waals surface area contributed by atoms with E-state index in [-0.39, 0.29) is 29.3 Å². The highest BCUT2D eigenvalue weighted by atomic mass is 16.2. The molecule has 1 saturated heterocycles. The number of likely N-dealkylation sites (tertiary alicyclic amines) is 1. The maximum atomic E-state index is 12.9. The van der Waals surface area contributed by atoms with Crippen LogP contribution in [0.5, 0.6) is 0 Å². The summed E-state index contributed by atoms with van der Waals surface area (Å²) in [6.07, 6.45) is 5.56. The Morgan fingerprint density at radius 1 is 1.07 bits per heavy atom. The Labute approximate surface area is 170 Å². The molecule has 0 bridgehead atoms. The maximum absolute atomic E-state index is 12.9. The van der Waals surface area contributed by atoms with E-state index in [1.54, 1.807) is 16.5 Å². The molecule has 0 spiro atoms. The van der Waals surface area contributed by atoms with Gasteiger partial charge in [0.05, 0.1) is 23.7 Å². The topological polar surface area (TPSA) is 84.3 Å². The van der Waals surface area contributed by atoms with Crippen LogP contribution in [0.1, 0.15) is 57.2 Å². The number of fused-ring (bicyclic) bond motifs is 1. The molecule has 2 heterocycles. The Morgan fingerprint density at radius 2 is 1.72 bits per heavy atom. The van der Waals surface area contributed by atoms with Gasteiger partial charge in [0, 0.05) is 31.3 Å². The quantitative estimate of drug-likeness (QED) is 0.860. The third kappa shape index (κ3) is 4.04. The summed E-state index contributed by atoms with van der Waals surface area (Å²) in [7, 11) is 0. The fourth-order valence-corrected chi connectivity index (χ4v) is 4.57. The van der Waals surface area contributed by atoms with E-state index >= 15 is 0 Å². The van der Waals surface area contributed by atoms with Crippen molar-refractivity contribution in [2.45, 2.75) is 58.0 Å². The van der Waals surface area contributed by atoms with Crippen LogP contribution in [0.2, 0.25) is 0 Å². The van der Waals surface area contributed by atoms with E-state index in [1.807, 2.05) is 24.3 Å². The molecule has 0 radical (unpaired) electrons. The molecule has 154 valence electrons. The average Bonchev–Trinajstić information content (AvgIpc) is 3.28. The van der Waals surface area contributed by atoms with Crippen LogP contribution in [0, 0.1) is 5.92 Å². The van der Waals surface area contributed by atoms with Gasteiger partial charge in [-0.15, -0.1) is 0 Å². The number of carbonyl (C=O) groups excluding carboxylic acids is 2. The molecule has 7 heteroatoms. The predicted octanol–water partition coefficient (Wildman–Crippen LogP) is 2.39. The molecule has 2 aliphatic rings. The third-order valence-electron chi connectivity index (χ3n) is 6.32. The summed E-state index contributed by atoms with van der Waals surface area (Å²) < 4.78 is 1.64. The average molecular weight is 396 g/mol. The van der Waals surface area contributed by atoms with Crippen molar-refractivity contribution >= 4 is 22.6 Å². The van der Waals surface area contributed by atoms with Gasteiger partial charge in [0.25, 0.3) is 5.56 Å². The van der Waals surface area contributed by atoms with Crippen LogP contribution in [0.15, 0.2) is 29.1 Å². The lowest BCUT2D eigenvalue weighted by molar-refractivity contribution is -0.134. The molecule has 2 amide bonds. The number of piperidine rings is 1. The van der Waals surface area contributed by atoms with Crippen molar-refractivity contribution in [3.05, 3.63) is 40.3 Å². The molecule has 0 unspecified atom stereocenters. The lowest BCUT2D eigenvalue weighted by Gasteiger charge is -2.30. The zero-order valence-electron chi connectivity index (χ0n) is 16.9. The minimum atomic E-state index is -0.0856. The lowest BCUT2D eigenvalue weighted by atomic mass is 9.96. The number of carbonyl (C=O) groups is 2. The van der Waals surface area contributed by atoms with Crippen LogP contribution in [0.25, 0.3) is 10.8 Å². The van der Waals surface area contributed by atoms with Crippen LogP contribution in [0.4, 0.5) is 0 Å². The van der Waals surface area contributed by atoms with Gasteiger partial charge in [-0.3, -0.25) is 14.4 Å². The first-order valence-electron chi connectivity index (χ1n) is 10.6. The summed E-state index contributed by atoms with van der Waals surface area (Å²) in [6.45, 7) is 3.12. The lowest BCUT2D eigenvalue weighted by Crippen LogP contribution is -2.42. The minimum Gasteiger partial charge on any atom is -0.350 e. The van der Waals surface area contributed by atoms with E-state index in [9.17, 15) is 14.4 Å². The molecule has 1 aliphatic carbocycles. The van der Waals surface area contributed by atoms with E-state index in [4.69, 9.17) is 0 Å². The molecule has 0 atom stereocenters. The number of nitrogens with zero attached hydrogens (tertiary/aromatic N) is 3. The number of amides is 2. The first-order valence-corrected chi connectivity index (χ1v) is 10.6. The number of rotatable bonds is 4. The van der Waals surface area contributed by atoms with Gasteiger partial charge in [0.1, 0.15) is 0 Å². The fourth-order valence-electron chi connectivity index (χ4n) is 4.57.